The highest BCUT2D eigenvalue weighted by molar-refractivity contribution is 5.92. The fraction of sp³-hybridized carbons (Fsp3) is 0.371. The molecule has 35 heavy (non-hydrogen) atoms. The van der Waals surface area contributed by atoms with Gasteiger partial charge in [-0.2, -0.15) is 0 Å². The third-order valence-corrected chi connectivity index (χ3v) is 7.80. The van der Waals surface area contributed by atoms with Crippen LogP contribution in [0.25, 0.3) is 28.0 Å². The number of aryl methyl sites for hydroxylation is 2. The van der Waals surface area contributed by atoms with Crippen LogP contribution in [0.2, 0.25) is 0 Å². The van der Waals surface area contributed by atoms with Crippen molar-refractivity contribution in [1.29, 1.82) is 0 Å². The zero-order valence-electron chi connectivity index (χ0n) is 22.8. The molecule has 3 aromatic rings. The van der Waals surface area contributed by atoms with Crippen LogP contribution in [-0.2, 0) is 12.8 Å². The van der Waals surface area contributed by atoms with Crippen LogP contribution in [-0.4, -0.2) is 0 Å². The van der Waals surface area contributed by atoms with Gasteiger partial charge in [0.05, 0.1) is 0 Å². The zero-order valence-corrected chi connectivity index (χ0v) is 22.8. The quantitative estimate of drug-likeness (QED) is 0.317. The second-order valence-electron chi connectivity index (χ2n) is 9.47. The van der Waals surface area contributed by atoms with E-state index in [9.17, 15) is 0 Å². The van der Waals surface area contributed by atoms with E-state index in [-0.39, 0.29) is 0 Å². The molecule has 0 heterocycles. The van der Waals surface area contributed by atoms with E-state index in [1.807, 2.05) is 6.08 Å². The van der Waals surface area contributed by atoms with Crippen LogP contribution in [0.1, 0.15) is 86.6 Å². The van der Waals surface area contributed by atoms with Crippen molar-refractivity contribution in [2.24, 2.45) is 5.92 Å². The van der Waals surface area contributed by atoms with Gasteiger partial charge < -0.3 is 0 Å². The van der Waals surface area contributed by atoms with Crippen LogP contribution in [0, 0.1) is 12.8 Å². The van der Waals surface area contributed by atoms with Crippen molar-refractivity contribution in [3.8, 4) is 11.1 Å². The molecule has 1 aliphatic rings. The summed E-state index contributed by atoms with van der Waals surface area (Å²) < 4.78 is 0. The molecule has 0 saturated heterocycles. The summed E-state index contributed by atoms with van der Waals surface area (Å²) in [6.07, 6.45) is 11.0. The first-order valence-electron chi connectivity index (χ1n) is 13.4. The van der Waals surface area contributed by atoms with E-state index in [4.69, 9.17) is 0 Å². The second kappa shape index (κ2) is 13.9. The van der Waals surface area contributed by atoms with Crippen LogP contribution < -0.4 is 0 Å². The molecule has 0 unspecified atom stereocenters. The third kappa shape index (κ3) is 6.23. The second-order valence-corrected chi connectivity index (χ2v) is 9.47. The maximum Gasteiger partial charge on any atom is -0.0145 e. The van der Waals surface area contributed by atoms with Gasteiger partial charge >= 0.3 is 0 Å². The van der Waals surface area contributed by atoms with Crippen LogP contribution in [0.5, 0.6) is 0 Å². The summed E-state index contributed by atoms with van der Waals surface area (Å²) in [5.41, 5.74) is 9.78. The highest BCUT2D eigenvalue weighted by atomic mass is 14.3. The Morgan fingerprint density at radius 2 is 1.46 bits per heavy atom. The lowest BCUT2D eigenvalue weighted by Crippen LogP contribution is -2.12. The molecule has 1 fully saturated rings. The van der Waals surface area contributed by atoms with Crippen LogP contribution in [0.4, 0.5) is 0 Å². The van der Waals surface area contributed by atoms with Gasteiger partial charge in [-0.05, 0) is 113 Å². The van der Waals surface area contributed by atoms with E-state index in [1.54, 1.807) is 5.56 Å². The average Bonchev–Trinajstić information content (AvgIpc) is 2.93. The Morgan fingerprint density at radius 3 is 2.03 bits per heavy atom. The maximum absolute atomic E-state index is 4.07. The van der Waals surface area contributed by atoms with E-state index in [0.29, 0.717) is 0 Å². The number of hydrogen-bond donors (Lipinski definition) is 0. The summed E-state index contributed by atoms with van der Waals surface area (Å²) in [6.45, 7) is 25.2. The third-order valence-electron chi connectivity index (χ3n) is 7.80. The van der Waals surface area contributed by atoms with E-state index in [1.165, 1.54) is 76.3 Å². The van der Waals surface area contributed by atoms with Crippen molar-refractivity contribution in [3.05, 3.63) is 103 Å². The van der Waals surface area contributed by atoms with Crippen molar-refractivity contribution in [2.45, 2.75) is 78.6 Å². The first-order valence-corrected chi connectivity index (χ1v) is 13.4. The van der Waals surface area contributed by atoms with Gasteiger partial charge in [0.15, 0.2) is 0 Å². The SMILES string of the molecule is C=C.C=C.C=Cc1cc(-c2ccc3cc(C4CCC(CC)CC4)ccc3c2CC)cc(C)c1CC. The molecule has 0 nitrogen and oxygen atoms in total. The molecule has 186 valence electrons. The van der Waals surface area contributed by atoms with Crippen molar-refractivity contribution in [2.75, 3.05) is 0 Å². The summed E-state index contributed by atoms with van der Waals surface area (Å²) >= 11 is 0. The molecule has 0 heteroatoms. The molecular formula is C35H46. The first-order chi connectivity index (χ1) is 17.1. The predicted molar refractivity (Wildman–Crippen MR) is 160 cm³/mol. The highest BCUT2D eigenvalue weighted by Crippen LogP contribution is 2.39. The summed E-state index contributed by atoms with van der Waals surface area (Å²) in [5, 5.41) is 2.82. The molecule has 3 aromatic carbocycles. The summed E-state index contributed by atoms with van der Waals surface area (Å²) in [7, 11) is 0. The molecule has 0 aliphatic heterocycles. The molecule has 0 atom stereocenters. The van der Waals surface area contributed by atoms with E-state index in [0.717, 1.165) is 24.7 Å². The number of fused-ring (bicyclic) bond motifs is 1. The van der Waals surface area contributed by atoms with E-state index >= 15 is 0 Å². The maximum atomic E-state index is 4.07. The average molecular weight is 467 g/mol. The smallest absolute Gasteiger partial charge is 0.0145 e. The van der Waals surface area contributed by atoms with E-state index < -0.39 is 0 Å². The monoisotopic (exact) mass is 466 g/mol. The number of hydrogen-bond acceptors (Lipinski definition) is 0. The van der Waals surface area contributed by atoms with Gasteiger partial charge in [0.2, 0.25) is 0 Å². The first kappa shape index (κ1) is 28.4. The normalized spacial score (nSPS) is 17.0. The molecule has 0 N–H and O–H groups in total. The largest absolute Gasteiger partial charge is 0.106 e. The van der Waals surface area contributed by atoms with Crippen LogP contribution in [0.3, 0.4) is 0 Å². The predicted octanol–water partition coefficient (Wildman–Crippen LogP) is 10.9. The molecule has 4 rings (SSSR count). The summed E-state index contributed by atoms with van der Waals surface area (Å²) in [4.78, 5) is 0. The van der Waals surface area contributed by atoms with Crippen LogP contribution >= 0.6 is 0 Å². The lowest BCUT2D eigenvalue weighted by molar-refractivity contribution is 0.319. The molecule has 0 amide bonds. The molecule has 0 aromatic heterocycles. The van der Waals surface area contributed by atoms with Crippen LogP contribution in [0.15, 0.2) is 75.4 Å². The Labute approximate surface area is 215 Å². The topological polar surface area (TPSA) is 0 Å². The minimum Gasteiger partial charge on any atom is -0.106 e. The van der Waals surface area contributed by atoms with Gasteiger partial charge in [-0.3, -0.25) is 0 Å². The standard InChI is InChI=1S/C31H38.2C2H4/c1-6-22-10-12-24(13-11-22)25-14-16-30-26(20-25)15-17-31(29(30)9-4)27-18-21(5)28(8-3)23(7-2)19-27;2*1-2/h7,14-20,22,24H,2,6,8-13H2,1,3-5H3;2*1-2H2. The van der Waals surface area contributed by atoms with E-state index in [2.05, 4.69) is 103 Å². The summed E-state index contributed by atoms with van der Waals surface area (Å²) in [5.74, 6) is 1.70. The Hall–Kier alpha value is -2.86. The molecule has 0 radical (unpaired) electrons. The molecule has 1 aliphatic carbocycles. The van der Waals surface area contributed by atoms with Crippen molar-refractivity contribution < 1.29 is 0 Å². The van der Waals surface area contributed by atoms with Crippen molar-refractivity contribution in [1.82, 2.24) is 0 Å². The lowest BCUT2D eigenvalue weighted by Gasteiger charge is -2.28. The molecular weight excluding hydrogens is 420 g/mol. The van der Waals surface area contributed by atoms with Gasteiger partial charge in [-0.25, -0.2) is 0 Å². The highest BCUT2D eigenvalue weighted by Gasteiger charge is 2.21. The van der Waals surface area contributed by atoms with Crippen molar-refractivity contribution in [3.63, 3.8) is 0 Å². The fourth-order valence-electron chi connectivity index (χ4n) is 5.89. The van der Waals surface area contributed by atoms with Gasteiger partial charge in [-0.1, -0.05) is 76.2 Å². The summed E-state index contributed by atoms with van der Waals surface area (Å²) in [6, 6.07) is 16.7. The minimum atomic E-state index is 0.747. The number of rotatable bonds is 6. The Balaban J connectivity index is 0.00000103. The molecule has 1 saturated carbocycles. The van der Waals surface area contributed by atoms with Gasteiger partial charge in [0, 0.05) is 0 Å². The molecule has 0 bridgehead atoms. The number of benzene rings is 3. The van der Waals surface area contributed by atoms with Gasteiger partial charge in [0.1, 0.15) is 0 Å². The fourth-order valence-corrected chi connectivity index (χ4v) is 5.89. The Morgan fingerprint density at radius 1 is 0.800 bits per heavy atom. The van der Waals surface area contributed by atoms with Gasteiger partial charge in [0.25, 0.3) is 0 Å². The Kier molecular flexibility index (Phi) is 11.3. The minimum absolute atomic E-state index is 0.747. The molecule has 0 spiro atoms. The lowest BCUT2D eigenvalue weighted by atomic mass is 9.77. The van der Waals surface area contributed by atoms with Crippen molar-refractivity contribution >= 4 is 16.8 Å². The van der Waals surface area contributed by atoms with Gasteiger partial charge in [-0.15, -0.1) is 26.3 Å². The Bertz CT molecular complexity index is 1110. The zero-order chi connectivity index (χ0) is 26.0.